The molecule has 2 unspecified atom stereocenters. The lowest BCUT2D eigenvalue weighted by molar-refractivity contribution is 0.00925. The van der Waals surface area contributed by atoms with Crippen LogP contribution in [0.2, 0.25) is 0 Å². The smallest absolute Gasteiger partial charge is 0.141 e. The first kappa shape index (κ1) is 12.8. The molecule has 4 heteroatoms. The van der Waals surface area contributed by atoms with Gasteiger partial charge in [-0.1, -0.05) is 6.92 Å². The van der Waals surface area contributed by atoms with Crippen molar-refractivity contribution in [1.82, 2.24) is 0 Å². The average molecular weight is 248 g/mol. The van der Waals surface area contributed by atoms with Crippen LogP contribution in [0.3, 0.4) is 0 Å². The molecule has 1 fully saturated rings. The zero-order valence-corrected chi connectivity index (χ0v) is 10.4. The first-order valence-electron chi connectivity index (χ1n) is 6.30. The maximum Gasteiger partial charge on any atom is 0.141 e. The molecule has 1 aromatic rings. The molecule has 2 atom stereocenters. The molecule has 0 aliphatic carbocycles. The molecule has 0 saturated carbocycles. The summed E-state index contributed by atoms with van der Waals surface area (Å²) in [5, 5.41) is 12.1. The fourth-order valence-electron chi connectivity index (χ4n) is 2.23. The Kier molecular flexibility index (Phi) is 4.16. The van der Waals surface area contributed by atoms with E-state index in [0.717, 1.165) is 31.6 Å². The third kappa shape index (κ3) is 2.99. The Balaban J connectivity index is 2.03. The molecule has 0 aromatic heterocycles. The largest absolute Gasteiger partial charge is 0.382 e. The van der Waals surface area contributed by atoms with Gasteiger partial charge in [0.2, 0.25) is 0 Å². The van der Waals surface area contributed by atoms with Crippen LogP contribution in [-0.2, 0) is 4.74 Å². The highest BCUT2D eigenvalue weighted by Gasteiger charge is 2.21. The van der Waals surface area contributed by atoms with Gasteiger partial charge in [-0.15, -0.1) is 0 Å². The van der Waals surface area contributed by atoms with E-state index in [9.17, 15) is 4.39 Å². The average Bonchev–Trinajstić information content (AvgIpc) is 2.41. The Morgan fingerprint density at radius 2 is 2.39 bits per heavy atom. The third-order valence-electron chi connectivity index (χ3n) is 3.28. The molecule has 1 heterocycles. The number of nitrogens with one attached hydrogen (secondary N) is 1. The fraction of sp³-hybridized carbons (Fsp3) is 0.500. The second kappa shape index (κ2) is 5.83. The Bertz CT molecular complexity index is 456. The SMILES string of the molecule is CCC1CC(Nc2ccc(F)c(C#N)c2)CCO1. The monoisotopic (exact) mass is 248 g/mol. The fourth-order valence-corrected chi connectivity index (χ4v) is 2.23. The summed E-state index contributed by atoms with van der Waals surface area (Å²) in [5.41, 5.74) is 0.883. The summed E-state index contributed by atoms with van der Waals surface area (Å²) in [6.07, 6.45) is 3.20. The Hall–Kier alpha value is -1.60. The molecule has 1 aliphatic rings. The molecular weight excluding hydrogens is 231 g/mol. The van der Waals surface area contributed by atoms with E-state index < -0.39 is 5.82 Å². The maximum atomic E-state index is 13.2. The highest BCUT2D eigenvalue weighted by Crippen LogP contribution is 2.21. The standard InChI is InChI=1S/C14H17FN2O/c1-2-13-8-12(5-6-18-13)17-11-3-4-14(15)10(7-11)9-16/h3-4,7,12-13,17H,2,5-6,8H2,1H3. The lowest BCUT2D eigenvalue weighted by Crippen LogP contribution is -2.33. The molecule has 0 spiro atoms. The second-order valence-electron chi connectivity index (χ2n) is 4.57. The normalized spacial score (nSPS) is 23.4. The molecule has 1 N–H and O–H groups in total. The molecule has 0 bridgehead atoms. The molecule has 1 aromatic carbocycles. The van der Waals surface area contributed by atoms with Gasteiger partial charge in [-0.2, -0.15) is 5.26 Å². The predicted molar refractivity (Wildman–Crippen MR) is 67.8 cm³/mol. The van der Waals surface area contributed by atoms with E-state index in [1.54, 1.807) is 12.1 Å². The molecule has 0 amide bonds. The lowest BCUT2D eigenvalue weighted by Gasteiger charge is -2.30. The summed E-state index contributed by atoms with van der Waals surface area (Å²) >= 11 is 0. The summed E-state index contributed by atoms with van der Waals surface area (Å²) in [7, 11) is 0. The third-order valence-corrected chi connectivity index (χ3v) is 3.28. The van der Waals surface area contributed by atoms with E-state index in [2.05, 4.69) is 12.2 Å². The molecule has 3 nitrogen and oxygen atoms in total. The minimum Gasteiger partial charge on any atom is -0.382 e. The van der Waals surface area contributed by atoms with Gasteiger partial charge in [0.15, 0.2) is 0 Å². The summed E-state index contributed by atoms with van der Waals surface area (Å²) in [5.74, 6) is -0.471. The van der Waals surface area contributed by atoms with E-state index in [1.807, 2.05) is 6.07 Å². The van der Waals surface area contributed by atoms with Gasteiger partial charge in [-0.25, -0.2) is 4.39 Å². The van der Waals surface area contributed by atoms with Crippen LogP contribution < -0.4 is 5.32 Å². The van der Waals surface area contributed by atoms with E-state index in [4.69, 9.17) is 10.00 Å². The second-order valence-corrected chi connectivity index (χ2v) is 4.57. The zero-order valence-electron chi connectivity index (χ0n) is 10.4. The predicted octanol–water partition coefficient (Wildman–Crippen LogP) is 3.07. The molecule has 18 heavy (non-hydrogen) atoms. The van der Waals surface area contributed by atoms with Gasteiger partial charge < -0.3 is 10.1 Å². The summed E-state index contributed by atoms with van der Waals surface area (Å²) in [4.78, 5) is 0. The molecule has 1 aliphatic heterocycles. The molecule has 96 valence electrons. The van der Waals surface area contributed by atoms with Crippen LogP contribution >= 0.6 is 0 Å². The summed E-state index contributed by atoms with van der Waals surface area (Å²) in [6.45, 7) is 2.86. The van der Waals surface area contributed by atoms with E-state index in [0.29, 0.717) is 12.1 Å². The molecule has 0 radical (unpaired) electrons. The summed E-state index contributed by atoms with van der Waals surface area (Å²) < 4.78 is 18.8. The Morgan fingerprint density at radius 3 is 3.11 bits per heavy atom. The molecular formula is C14H17FN2O. The van der Waals surface area contributed by atoms with Gasteiger partial charge in [0.25, 0.3) is 0 Å². The number of anilines is 1. The van der Waals surface area contributed by atoms with E-state index in [-0.39, 0.29) is 5.56 Å². The van der Waals surface area contributed by atoms with Crippen LogP contribution in [0.5, 0.6) is 0 Å². The van der Waals surface area contributed by atoms with Crippen molar-refractivity contribution in [2.24, 2.45) is 0 Å². The van der Waals surface area contributed by atoms with Crippen LogP contribution in [0.1, 0.15) is 31.7 Å². The van der Waals surface area contributed by atoms with E-state index >= 15 is 0 Å². The van der Waals surface area contributed by atoms with Crippen LogP contribution in [0.15, 0.2) is 18.2 Å². The highest BCUT2D eigenvalue weighted by atomic mass is 19.1. The van der Waals surface area contributed by atoms with Crippen molar-refractivity contribution in [3.63, 3.8) is 0 Å². The zero-order chi connectivity index (χ0) is 13.0. The minimum absolute atomic E-state index is 0.0825. The topological polar surface area (TPSA) is 45.0 Å². The van der Waals surface area contributed by atoms with Crippen molar-refractivity contribution in [2.75, 3.05) is 11.9 Å². The quantitative estimate of drug-likeness (QED) is 0.894. The van der Waals surface area contributed by atoms with Crippen molar-refractivity contribution in [3.05, 3.63) is 29.6 Å². The summed E-state index contributed by atoms with van der Waals surface area (Å²) in [6, 6.07) is 6.75. The first-order chi connectivity index (χ1) is 8.72. The van der Waals surface area contributed by atoms with Crippen LogP contribution in [0.25, 0.3) is 0 Å². The number of nitrogens with zero attached hydrogens (tertiary/aromatic N) is 1. The van der Waals surface area contributed by atoms with Gasteiger partial charge in [0, 0.05) is 18.3 Å². The first-order valence-corrected chi connectivity index (χ1v) is 6.30. The van der Waals surface area contributed by atoms with Gasteiger partial charge in [-0.3, -0.25) is 0 Å². The number of ether oxygens (including phenoxy) is 1. The van der Waals surface area contributed by atoms with Crippen LogP contribution in [-0.4, -0.2) is 18.8 Å². The van der Waals surface area contributed by atoms with Gasteiger partial charge in [0.05, 0.1) is 11.7 Å². The number of hydrogen-bond donors (Lipinski definition) is 1. The lowest BCUT2D eigenvalue weighted by atomic mass is 10.0. The maximum absolute atomic E-state index is 13.2. The van der Waals surface area contributed by atoms with Crippen LogP contribution in [0, 0.1) is 17.1 Å². The van der Waals surface area contributed by atoms with Gasteiger partial charge >= 0.3 is 0 Å². The Morgan fingerprint density at radius 1 is 1.56 bits per heavy atom. The number of benzene rings is 1. The number of halogens is 1. The highest BCUT2D eigenvalue weighted by molar-refractivity contribution is 5.50. The Labute approximate surface area is 107 Å². The van der Waals surface area contributed by atoms with E-state index in [1.165, 1.54) is 6.07 Å². The number of nitriles is 1. The van der Waals surface area contributed by atoms with Crippen molar-refractivity contribution in [3.8, 4) is 6.07 Å². The van der Waals surface area contributed by atoms with Crippen molar-refractivity contribution in [1.29, 1.82) is 5.26 Å². The number of rotatable bonds is 3. The van der Waals surface area contributed by atoms with Gasteiger partial charge in [0.1, 0.15) is 11.9 Å². The number of hydrogen-bond acceptors (Lipinski definition) is 3. The van der Waals surface area contributed by atoms with Crippen LogP contribution in [0.4, 0.5) is 10.1 Å². The van der Waals surface area contributed by atoms with Crippen molar-refractivity contribution in [2.45, 2.75) is 38.3 Å². The van der Waals surface area contributed by atoms with Crippen molar-refractivity contribution >= 4 is 5.69 Å². The molecule has 2 rings (SSSR count). The minimum atomic E-state index is -0.471. The van der Waals surface area contributed by atoms with Gasteiger partial charge in [-0.05, 0) is 37.5 Å². The molecule has 1 saturated heterocycles. The van der Waals surface area contributed by atoms with Crippen molar-refractivity contribution < 1.29 is 9.13 Å².